The Balaban J connectivity index is 1.80. The van der Waals surface area contributed by atoms with Gasteiger partial charge in [-0.3, -0.25) is 14.9 Å². The molecule has 0 radical (unpaired) electrons. The molecule has 2 saturated heterocycles. The molecule has 0 bridgehead atoms. The highest BCUT2D eigenvalue weighted by Crippen LogP contribution is 2.12. The van der Waals surface area contributed by atoms with Gasteiger partial charge in [-0.2, -0.15) is 0 Å². The van der Waals surface area contributed by atoms with E-state index in [1.807, 2.05) is 0 Å². The van der Waals surface area contributed by atoms with Gasteiger partial charge in [0.05, 0.1) is 6.04 Å². The molecule has 2 aliphatic rings. The van der Waals surface area contributed by atoms with Gasteiger partial charge >= 0.3 is 0 Å². The van der Waals surface area contributed by atoms with Gasteiger partial charge in [-0.05, 0) is 6.42 Å². The topological polar surface area (TPSA) is 61.4 Å². The fraction of sp³-hybridized carbons (Fsp3) is 0.800. The standard InChI is InChI=1S/C10H17N3O2S/c1-13-4-7(2-3-9(13)14)12-10(15)8-5-16-6-11-8/h7-8,11H,2-6H2,1H3,(H,12,15). The Kier molecular flexibility index (Phi) is 3.70. The number of carbonyl (C=O) groups excluding carboxylic acids is 2. The van der Waals surface area contributed by atoms with E-state index in [1.165, 1.54) is 0 Å². The van der Waals surface area contributed by atoms with Crippen molar-refractivity contribution in [3.05, 3.63) is 0 Å². The minimum absolute atomic E-state index is 0.0621. The third-order valence-corrected chi connectivity index (χ3v) is 3.95. The van der Waals surface area contributed by atoms with Gasteiger partial charge in [0.1, 0.15) is 0 Å². The van der Waals surface area contributed by atoms with E-state index in [4.69, 9.17) is 0 Å². The molecule has 2 fully saturated rings. The van der Waals surface area contributed by atoms with Crippen LogP contribution in [0.2, 0.25) is 0 Å². The number of nitrogens with zero attached hydrogens (tertiary/aromatic N) is 1. The van der Waals surface area contributed by atoms with Gasteiger partial charge in [0, 0.05) is 37.7 Å². The van der Waals surface area contributed by atoms with Crippen LogP contribution in [0, 0.1) is 0 Å². The van der Waals surface area contributed by atoms with Crippen LogP contribution >= 0.6 is 11.8 Å². The van der Waals surface area contributed by atoms with Crippen LogP contribution in [-0.2, 0) is 9.59 Å². The molecule has 2 N–H and O–H groups in total. The van der Waals surface area contributed by atoms with E-state index in [0.717, 1.165) is 18.1 Å². The first-order valence-corrected chi connectivity index (χ1v) is 6.68. The predicted molar refractivity (Wildman–Crippen MR) is 63.1 cm³/mol. The fourth-order valence-corrected chi connectivity index (χ4v) is 2.94. The Hall–Kier alpha value is -0.750. The van der Waals surface area contributed by atoms with Crippen LogP contribution in [0.3, 0.4) is 0 Å². The third-order valence-electron chi connectivity index (χ3n) is 3.01. The first-order valence-electron chi connectivity index (χ1n) is 5.52. The normalized spacial score (nSPS) is 30.6. The van der Waals surface area contributed by atoms with E-state index in [-0.39, 0.29) is 23.9 Å². The van der Waals surface area contributed by atoms with Crippen molar-refractivity contribution in [2.45, 2.75) is 24.9 Å². The average molecular weight is 243 g/mol. The van der Waals surface area contributed by atoms with Crippen molar-refractivity contribution in [2.24, 2.45) is 0 Å². The van der Waals surface area contributed by atoms with Crippen LogP contribution < -0.4 is 10.6 Å². The lowest BCUT2D eigenvalue weighted by molar-refractivity contribution is -0.134. The van der Waals surface area contributed by atoms with E-state index < -0.39 is 0 Å². The number of rotatable bonds is 2. The zero-order chi connectivity index (χ0) is 11.5. The van der Waals surface area contributed by atoms with Gasteiger partial charge < -0.3 is 10.2 Å². The van der Waals surface area contributed by atoms with Crippen molar-refractivity contribution in [1.82, 2.24) is 15.5 Å². The minimum Gasteiger partial charge on any atom is -0.350 e. The first kappa shape index (κ1) is 11.7. The van der Waals surface area contributed by atoms with E-state index >= 15 is 0 Å². The number of carbonyl (C=O) groups is 2. The monoisotopic (exact) mass is 243 g/mol. The number of piperidine rings is 1. The zero-order valence-corrected chi connectivity index (χ0v) is 10.2. The molecular weight excluding hydrogens is 226 g/mol. The van der Waals surface area contributed by atoms with Crippen molar-refractivity contribution in [3.63, 3.8) is 0 Å². The average Bonchev–Trinajstić information content (AvgIpc) is 2.77. The molecule has 2 rings (SSSR count). The maximum atomic E-state index is 11.8. The smallest absolute Gasteiger partial charge is 0.238 e. The van der Waals surface area contributed by atoms with Crippen LogP contribution in [0.15, 0.2) is 0 Å². The highest BCUT2D eigenvalue weighted by molar-refractivity contribution is 7.99. The second kappa shape index (κ2) is 5.05. The lowest BCUT2D eigenvalue weighted by atomic mass is 10.1. The van der Waals surface area contributed by atoms with Crippen molar-refractivity contribution in [1.29, 1.82) is 0 Å². The van der Waals surface area contributed by atoms with E-state index in [1.54, 1.807) is 23.7 Å². The molecular formula is C10H17N3O2S. The molecule has 5 nitrogen and oxygen atoms in total. The van der Waals surface area contributed by atoms with Crippen molar-refractivity contribution >= 4 is 23.6 Å². The number of likely N-dealkylation sites (N-methyl/N-ethyl adjacent to an activating group) is 1. The van der Waals surface area contributed by atoms with E-state index in [2.05, 4.69) is 10.6 Å². The Morgan fingerprint density at radius 1 is 1.62 bits per heavy atom. The lowest BCUT2D eigenvalue weighted by Gasteiger charge is -2.30. The van der Waals surface area contributed by atoms with Crippen LogP contribution in [-0.4, -0.2) is 54.0 Å². The van der Waals surface area contributed by atoms with Gasteiger partial charge in [-0.15, -0.1) is 11.8 Å². The molecule has 2 atom stereocenters. The maximum absolute atomic E-state index is 11.8. The third kappa shape index (κ3) is 2.68. The largest absolute Gasteiger partial charge is 0.350 e. The Bertz CT molecular complexity index is 292. The number of thioether (sulfide) groups is 1. The van der Waals surface area contributed by atoms with Crippen LogP contribution in [0.4, 0.5) is 0 Å². The molecule has 0 spiro atoms. The van der Waals surface area contributed by atoms with Gasteiger partial charge in [0.15, 0.2) is 0 Å². The molecule has 0 aliphatic carbocycles. The number of nitrogens with one attached hydrogen (secondary N) is 2. The molecule has 16 heavy (non-hydrogen) atoms. The molecule has 0 aromatic rings. The molecule has 90 valence electrons. The summed E-state index contributed by atoms with van der Waals surface area (Å²) in [5.74, 6) is 1.92. The Morgan fingerprint density at radius 2 is 2.44 bits per heavy atom. The summed E-state index contributed by atoms with van der Waals surface area (Å²) >= 11 is 1.74. The first-order chi connectivity index (χ1) is 7.66. The summed E-state index contributed by atoms with van der Waals surface area (Å²) in [5.41, 5.74) is 0. The Morgan fingerprint density at radius 3 is 3.06 bits per heavy atom. The van der Waals surface area contributed by atoms with Gasteiger partial charge in [0.2, 0.25) is 11.8 Å². The summed E-state index contributed by atoms with van der Waals surface area (Å²) in [6.07, 6.45) is 1.29. The number of hydrogen-bond acceptors (Lipinski definition) is 4. The molecule has 0 saturated carbocycles. The van der Waals surface area contributed by atoms with Gasteiger partial charge in [0.25, 0.3) is 0 Å². The maximum Gasteiger partial charge on any atom is 0.238 e. The second-order valence-corrected chi connectivity index (χ2v) is 5.32. The molecule has 2 heterocycles. The molecule has 2 unspecified atom stereocenters. The van der Waals surface area contributed by atoms with Crippen molar-refractivity contribution in [2.75, 3.05) is 25.2 Å². The number of hydrogen-bond donors (Lipinski definition) is 2. The van der Waals surface area contributed by atoms with Crippen LogP contribution in [0.5, 0.6) is 0 Å². The summed E-state index contributed by atoms with van der Waals surface area (Å²) in [4.78, 5) is 24.8. The predicted octanol–water partition coefficient (Wildman–Crippen LogP) is -0.614. The lowest BCUT2D eigenvalue weighted by Crippen LogP contribution is -2.52. The van der Waals surface area contributed by atoms with Crippen LogP contribution in [0.1, 0.15) is 12.8 Å². The highest BCUT2D eigenvalue weighted by atomic mass is 32.2. The quantitative estimate of drug-likeness (QED) is 0.679. The summed E-state index contributed by atoms with van der Waals surface area (Å²) in [6.45, 7) is 0.629. The van der Waals surface area contributed by atoms with Gasteiger partial charge in [-0.1, -0.05) is 0 Å². The fourth-order valence-electron chi connectivity index (χ4n) is 2.00. The molecule has 0 aromatic heterocycles. The molecule has 0 aromatic carbocycles. The van der Waals surface area contributed by atoms with Crippen molar-refractivity contribution < 1.29 is 9.59 Å². The summed E-state index contributed by atoms with van der Waals surface area (Å²) in [6, 6.07) is 0.0514. The molecule has 6 heteroatoms. The van der Waals surface area contributed by atoms with Crippen LogP contribution in [0.25, 0.3) is 0 Å². The van der Waals surface area contributed by atoms with E-state index in [9.17, 15) is 9.59 Å². The number of likely N-dealkylation sites (tertiary alicyclic amines) is 1. The number of amides is 2. The van der Waals surface area contributed by atoms with E-state index in [0.29, 0.717) is 13.0 Å². The SMILES string of the molecule is CN1CC(NC(=O)C2CSCN2)CCC1=O. The minimum atomic E-state index is -0.0621. The van der Waals surface area contributed by atoms with Crippen molar-refractivity contribution in [3.8, 4) is 0 Å². The molecule has 2 aliphatic heterocycles. The summed E-state index contributed by atoms with van der Waals surface area (Å²) in [7, 11) is 1.78. The highest BCUT2D eigenvalue weighted by Gasteiger charge is 2.28. The zero-order valence-electron chi connectivity index (χ0n) is 9.36. The Labute approximate surface area is 99.3 Å². The van der Waals surface area contributed by atoms with Gasteiger partial charge in [-0.25, -0.2) is 0 Å². The summed E-state index contributed by atoms with van der Waals surface area (Å²) in [5, 5.41) is 6.14. The second-order valence-electron chi connectivity index (χ2n) is 4.29. The summed E-state index contributed by atoms with van der Waals surface area (Å²) < 4.78 is 0. The molecule has 2 amide bonds.